The van der Waals surface area contributed by atoms with Gasteiger partial charge in [-0.1, -0.05) is 34.9 Å². The van der Waals surface area contributed by atoms with Gasteiger partial charge in [-0.2, -0.15) is 0 Å². The van der Waals surface area contributed by atoms with Gasteiger partial charge in [-0.05, 0) is 43.0 Å². The predicted octanol–water partition coefficient (Wildman–Crippen LogP) is 3.02. The number of rotatable bonds is 4. The first kappa shape index (κ1) is 16.5. The molecule has 1 amide bonds. The van der Waals surface area contributed by atoms with E-state index in [1.165, 1.54) is 0 Å². The van der Waals surface area contributed by atoms with Crippen LogP contribution in [0.1, 0.15) is 25.0 Å². The minimum atomic E-state index is -0.663. The number of carbonyl (C=O) groups is 1. The third-order valence-electron chi connectivity index (χ3n) is 3.09. The van der Waals surface area contributed by atoms with Crippen LogP contribution in [0.5, 0.6) is 0 Å². The summed E-state index contributed by atoms with van der Waals surface area (Å²) in [5, 5.41) is 14.5. The lowest BCUT2D eigenvalue weighted by molar-refractivity contribution is -0.119. The Morgan fingerprint density at radius 3 is 2.25 bits per heavy atom. The molecule has 0 aliphatic heterocycles. The van der Waals surface area contributed by atoms with Crippen LogP contribution in [0.3, 0.4) is 0 Å². The fourth-order valence-corrected chi connectivity index (χ4v) is 2.31. The van der Waals surface area contributed by atoms with Gasteiger partial charge in [-0.3, -0.25) is 4.79 Å². The monoisotopic (exact) mass is 341 g/mol. The molecule has 1 rings (SSSR count). The van der Waals surface area contributed by atoms with Crippen molar-refractivity contribution in [3.05, 3.63) is 27.7 Å². The molecule has 20 heavy (non-hydrogen) atoms. The fourth-order valence-electron chi connectivity index (χ4n) is 2.08. The van der Waals surface area contributed by atoms with E-state index in [9.17, 15) is 4.79 Å². The van der Waals surface area contributed by atoms with Gasteiger partial charge in [0.15, 0.2) is 5.84 Å². The Bertz CT molecular complexity index is 518. The van der Waals surface area contributed by atoms with Gasteiger partial charge in [-0.25, -0.2) is 0 Å². The van der Waals surface area contributed by atoms with E-state index < -0.39 is 5.92 Å². The third-order valence-corrected chi connectivity index (χ3v) is 4.34. The van der Waals surface area contributed by atoms with Gasteiger partial charge >= 0.3 is 0 Å². The van der Waals surface area contributed by atoms with Crippen LogP contribution in [-0.4, -0.2) is 17.0 Å². The quantitative estimate of drug-likeness (QED) is 0.340. The number of hydrogen-bond donors (Lipinski definition) is 3. The van der Waals surface area contributed by atoms with Gasteiger partial charge < -0.3 is 16.3 Å². The smallest absolute Gasteiger partial charge is 0.235 e. The summed E-state index contributed by atoms with van der Waals surface area (Å²) in [7, 11) is 0. The number of amides is 1. The van der Waals surface area contributed by atoms with Crippen molar-refractivity contribution < 1.29 is 10.0 Å². The van der Waals surface area contributed by atoms with E-state index in [2.05, 4.69) is 26.4 Å². The third kappa shape index (κ3) is 3.72. The maximum atomic E-state index is 12.3. The topological polar surface area (TPSA) is 87.7 Å². The number of amidine groups is 1. The van der Waals surface area contributed by atoms with Crippen molar-refractivity contribution >= 4 is 33.4 Å². The lowest BCUT2D eigenvalue weighted by atomic mass is 9.93. The van der Waals surface area contributed by atoms with Crippen LogP contribution in [0.4, 0.5) is 5.69 Å². The van der Waals surface area contributed by atoms with Crippen molar-refractivity contribution in [2.75, 3.05) is 5.32 Å². The summed E-state index contributed by atoms with van der Waals surface area (Å²) in [4.78, 5) is 12.3. The molecular weight excluding hydrogens is 322 g/mol. The molecule has 4 N–H and O–H groups in total. The second-order valence-corrected chi connectivity index (χ2v) is 5.95. The van der Waals surface area contributed by atoms with Crippen molar-refractivity contribution in [3.8, 4) is 0 Å². The average Bonchev–Trinajstić information content (AvgIpc) is 2.35. The number of nitrogens with zero attached hydrogens (tertiary/aromatic N) is 1. The summed E-state index contributed by atoms with van der Waals surface area (Å²) in [5.41, 5.74) is 8.35. The summed E-state index contributed by atoms with van der Waals surface area (Å²) in [6, 6.07) is 3.75. The van der Waals surface area contributed by atoms with E-state index in [0.29, 0.717) is 5.69 Å². The molecule has 1 aromatic carbocycles. The zero-order chi connectivity index (χ0) is 15.4. The highest BCUT2D eigenvalue weighted by Crippen LogP contribution is 2.25. The Labute approximate surface area is 127 Å². The molecule has 0 radical (unpaired) electrons. The molecule has 110 valence electrons. The number of oxime groups is 1. The van der Waals surface area contributed by atoms with E-state index >= 15 is 0 Å². The van der Waals surface area contributed by atoms with Crippen LogP contribution < -0.4 is 11.1 Å². The zero-order valence-corrected chi connectivity index (χ0v) is 13.7. The molecule has 1 atom stereocenters. The lowest BCUT2D eigenvalue weighted by Gasteiger charge is -2.19. The molecular formula is C14H20BrN3O2. The normalized spacial score (nSPS) is 13.4. The molecule has 0 bridgehead atoms. The number of anilines is 1. The van der Waals surface area contributed by atoms with Crippen LogP contribution in [0, 0.1) is 25.7 Å². The molecule has 5 nitrogen and oxygen atoms in total. The number of carbonyl (C=O) groups excluding carboxylic acids is 1. The molecule has 0 spiro atoms. The van der Waals surface area contributed by atoms with Crippen molar-refractivity contribution in [1.82, 2.24) is 0 Å². The van der Waals surface area contributed by atoms with Crippen LogP contribution in [-0.2, 0) is 4.79 Å². The van der Waals surface area contributed by atoms with E-state index in [-0.39, 0.29) is 17.7 Å². The molecule has 0 aromatic heterocycles. The summed E-state index contributed by atoms with van der Waals surface area (Å²) in [5.74, 6) is -1.09. The fraction of sp³-hybridized carbons (Fsp3) is 0.429. The minimum absolute atomic E-state index is 0.0662. The minimum Gasteiger partial charge on any atom is -0.409 e. The predicted molar refractivity (Wildman–Crippen MR) is 84.0 cm³/mol. The molecule has 1 unspecified atom stereocenters. The van der Waals surface area contributed by atoms with Crippen molar-refractivity contribution in [2.24, 2.45) is 22.7 Å². The number of halogens is 1. The molecule has 0 saturated carbocycles. The zero-order valence-electron chi connectivity index (χ0n) is 12.1. The Kier molecular flexibility index (Phi) is 5.56. The highest BCUT2D eigenvalue weighted by atomic mass is 79.9. The number of benzene rings is 1. The van der Waals surface area contributed by atoms with Gasteiger partial charge in [0.2, 0.25) is 5.91 Å². The van der Waals surface area contributed by atoms with E-state index in [1.54, 1.807) is 0 Å². The molecule has 0 heterocycles. The Morgan fingerprint density at radius 2 is 1.85 bits per heavy atom. The highest BCUT2D eigenvalue weighted by molar-refractivity contribution is 9.10. The van der Waals surface area contributed by atoms with Crippen molar-refractivity contribution in [3.63, 3.8) is 0 Å². The number of aryl methyl sites for hydroxylation is 2. The van der Waals surface area contributed by atoms with Gasteiger partial charge in [0.25, 0.3) is 0 Å². The Balaban J connectivity index is 3.00. The van der Waals surface area contributed by atoms with Crippen molar-refractivity contribution in [2.45, 2.75) is 27.7 Å². The van der Waals surface area contributed by atoms with Crippen LogP contribution in [0.25, 0.3) is 0 Å². The SMILES string of the molecule is Cc1cc(NC(=O)C(/C(N)=N/O)C(C)C)cc(C)c1Br. The molecule has 0 saturated heterocycles. The van der Waals surface area contributed by atoms with Crippen molar-refractivity contribution in [1.29, 1.82) is 0 Å². The average molecular weight is 342 g/mol. The Morgan fingerprint density at radius 1 is 1.35 bits per heavy atom. The first-order valence-corrected chi connectivity index (χ1v) is 7.12. The van der Waals surface area contributed by atoms with E-state index in [4.69, 9.17) is 10.9 Å². The standard InChI is InChI=1S/C14H20BrN3O2/c1-7(2)11(13(16)18-20)14(19)17-10-5-8(3)12(15)9(4)6-10/h5-7,11,20H,1-4H3,(H2,16,18)(H,17,19). The van der Waals surface area contributed by atoms with Crippen LogP contribution >= 0.6 is 15.9 Å². The molecule has 0 fully saturated rings. The Hall–Kier alpha value is -1.56. The first-order valence-electron chi connectivity index (χ1n) is 6.33. The van der Waals surface area contributed by atoms with Gasteiger partial charge in [0.1, 0.15) is 5.92 Å². The van der Waals surface area contributed by atoms with Gasteiger partial charge in [0.05, 0.1) is 0 Å². The lowest BCUT2D eigenvalue weighted by Crippen LogP contribution is -2.38. The number of nitrogens with one attached hydrogen (secondary N) is 1. The second-order valence-electron chi connectivity index (χ2n) is 5.16. The number of hydrogen-bond acceptors (Lipinski definition) is 3. The summed E-state index contributed by atoms with van der Waals surface area (Å²) < 4.78 is 1.02. The van der Waals surface area contributed by atoms with Gasteiger partial charge in [-0.15, -0.1) is 0 Å². The number of nitrogens with two attached hydrogens (primary N) is 1. The largest absolute Gasteiger partial charge is 0.409 e. The maximum Gasteiger partial charge on any atom is 0.235 e. The molecule has 0 aliphatic carbocycles. The molecule has 1 aromatic rings. The van der Waals surface area contributed by atoms with Gasteiger partial charge in [0, 0.05) is 10.2 Å². The summed E-state index contributed by atoms with van der Waals surface area (Å²) in [6.07, 6.45) is 0. The van der Waals surface area contributed by atoms with E-state index in [1.807, 2.05) is 39.8 Å². The van der Waals surface area contributed by atoms with Crippen LogP contribution in [0.2, 0.25) is 0 Å². The first-order chi connectivity index (χ1) is 9.27. The molecule has 6 heteroatoms. The van der Waals surface area contributed by atoms with Crippen LogP contribution in [0.15, 0.2) is 21.8 Å². The second kappa shape index (κ2) is 6.74. The summed E-state index contributed by atoms with van der Waals surface area (Å²) in [6.45, 7) is 7.60. The molecule has 0 aliphatic rings. The maximum absolute atomic E-state index is 12.3. The van der Waals surface area contributed by atoms with E-state index in [0.717, 1.165) is 15.6 Å². The summed E-state index contributed by atoms with van der Waals surface area (Å²) >= 11 is 3.48. The highest BCUT2D eigenvalue weighted by Gasteiger charge is 2.26.